The molecular formula is C13H17NO. The smallest absolute Gasteiger partial charge is 0.184 e. The third-order valence-electron chi connectivity index (χ3n) is 2.33. The lowest BCUT2D eigenvalue weighted by Gasteiger charge is -2.16. The highest BCUT2D eigenvalue weighted by Gasteiger charge is 2.11. The first-order valence-corrected chi connectivity index (χ1v) is 5.34. The molecular weight excluding hydrogens is 186 g/mol. The second-order valence-corrected chi connectivity index (χ2v) is 3.84. The molecule has 1 rings (SSSR count). The number of rotatable bonds is 4. The Labute approximate surface area is 91.5 Å². The molecule has 1 unspecified atom stereocenters. The van der Waals surface area contributed by atoms with Crippen LogP contribution in [0.1, 0.15) is 38.7 Å². The van der Waals surface area contributed by atoms with Gasteiger partial charge in [-0.05, 0) is 24.0 Å². The standard InChI is InChI=1S/C13H17NO/c1-4-11(9-14)15-13-8-6-5-7-12(13)10(2)3/h5-8,10-11H,4H2,1-3H3. The second-order valence-electron chi connectivity index (χ2n) is 3.84. The monoisotopic (exact) mass is 203 g/mol. The fraction of sp³-hybridized carbons (Fsp3) is 0.462. The van der Waals surface area contributed by atoms with E-state index in [1.165, 1.54) is 0 Å². The van der Waals surface area contributed by atoms with Crippen molar-refractivity contribution in [2.45, 2.75) is 39.2 Å². The molecule has 0 fully saturated rings. The molecule has 0 N–H and O–H groups in total. The van der Waals surface area contributed by atoms with E-state index in [4.69, 9.17) is 10.00 Å². The van der Waals surface area contributed by atoms with Crippen LogP contribution in [0.3, 0.4) is 0 Å². The molecule has 0 spiro atoms. The molecule has 15 heavy (non-hydrogen) atoms. The molecule has 0 amide bonds. The maximum atomic E-state index is 8.84. The molecule has 80 valence electrons. The SMILES string of the molecule is CCC(C#N)Oc1ccccc1C(C)C. The van der Waals surface area contributed by atoms with Gasteiger partial charge in [0.1, 0.15) is 11.8 Å². The average Bonchev–Trinajstić information content (AvgIpc) is 2.26. The van der Waals surface area contributed by atoms with Gasteiger partial charge in [0.2, 0.25) is 0 Å². The van der Waals surface area contributed by atoms with E-state index in [0.717, 1.165) is 11.3 Å². The Balaban J connectivity index is 2.89. The highest BCUT2D eigenvalue weighted by atomic mass is 16.5. The van der Waals surface area contributed by atoms with E-state index in [0.29, 0.717) is 12.3 Å². The lowest BCUT2D eigenvalue weighted by molar-refractivity contribution is 0.248. The van der Waals surface area contributed by atoms with E-state index in [1.54, 1.807) is 0 Å². The van der Waals surface area contributed by atoms with Gasteiger partial charge in [-0.25, -0.2) is 0 Å². The zero-order valence-corrected chi connectivity index (χ0v) is 9.53. The Morgan fingerprint density at radius 1 is 1.33 bits per heavy atom. The van der Waals surface area contributed by atoms with Crippen molar-refractivity contribution in [3.05, 3.63) is 29.8 Å². The summed E-state index contributed by atoms with van der Waals surface area (Å²) in [6.45, 7) is 6.19. The van der Waals surface area contributed by atoms with E-state index < -0.39 is 0 Å². The van der Waals surface area contributed by atoms with Gasteiger partial charge < -0.3 is 4.74 Å². The Morgan fingerprint density at radius 2 is 2.00 bits per heavy atom. The van der Waals surface area contributed by atoms with Crippen molar-refractivity contribution in [3.63, 3.8) is 0 Å². The maximum Gasteiger partial charge on any atom is 0.184 e. The van der Waals surface area contributed by atoms with E-state index in [-0.39, 0.29) is 6.10 Å². The summed E-state index contributed by atoms with van der Waals surface area (Å²) in [6.07, 6.45) is 0.369. The van der Waals surface area contributed by atoms with Gasteiger partial charge in [-0.2, -0.15) is 5.26 Å². The van der Waals surface area contributed by atoms with Gasteiger partial charge in [0.25, 0.3) is 0 Å². The van der Waals surface area contributed by atoms with Crippen LogP contribution in [0.4, 0.5) is 0 Å². The van der Waals surface area contributed by atoms with Gasteiger partial charge in [-0.15, -0.1) is 0 Å². The number of benzene rings is 1. The Hall–Kier alpha value is -1.49. The minimum Gasteiger partial charge on any atom is -0.475 e. The molecule has 0 bridgehead atoms. The zero-order chi connectivity index (χ0) is 11.3. The molecule has 2 nitrogen and oxygen atoms in total. The van der Waals surface area contributed by atoms with Crippen molar-refractivity contribution in [1.29, 1.82) is 5.26 Å². The third-order valence-corrected chi connectivity index (χ3v) is 2.33. The molecule has 0 saturated carbocycles. The summed E-state index contributed by atoms with van der Waals surface area (Å²) < 4.78 is 5.64. The minimum atomic E-state index is -0.343. The number of hydrogen-bond acceptors (Lipinski definition) is 2. The van der Waals surface area contributed by atoms with Crippen LogP contribution in [0.15, 0.2) is 24.3 Å². The van der Waals surface area contributed by atoms with Crippen molar-refractivity contribution < 1.29 is 4.74 Å². The van der Waals surface area contributed by atoms with E-state index >= 15 is 0 Å². The minimum absolute atomic E-state index is 0.343. The molecule has 1 aromatic carbocycles. The molecule has 0 aromatic heterocycles. The van der Waals surface area contributed by atoms with Crippen LogP contribution < -0.4 is 4.74 Å². The third kappa shape index (κ3) is 2.99. The summed E-state index contributed by atoms with van der Waals surface area (Å²) in [5, 5.41) is 8.84. The second kappa shape index (κ2) is 5.41. The number of ether oxygens (including phenoxy) is 1. The highest BCUT2D eigenvalue weighted by molar-refractivity contribution is 5.36. The van der Waals surface area contributed by atoms with Crippen LogP contribution in [0.25, 0.3) is 0 Å². The summed E-state index contributed by atoms with van der Waals surface area (Å²) in [5.74, 6) is 1.25. The van der Waals surface area contributed by atoms with Crippen molar-refractivity contribution >= 4 is 0 Å². The Kier molecular flexibility index (Phi) is 4.17. The summed E-state index contributed by atoms with van der Waals surface area (Å²) in [4.78, 5) is 0. The zero-order valence-electron chi connectivity index (χ0n) is 9.53. The van der Waals surface area contributed by atoms with Crippen molar-refractivity contribution in [3.8, 4) is 11.8 Å². The molecule has 0 radical (unpaired) electrons. The number of nitriles is 1. The van der Waals surface area contributed by atoms with Crippen molar-refractivity contribution in [2.75, 3.05) is 0 Å². The van der Waals surface area contributed by atoms with Gasteiger partial charge in [0.15, 0.2) is 6.10 Å². The summed E-state index contributed by atoms with van der Waals surface area (Å²) in [7, 11) is 0. The average molecular weight is 203 g/mol. The summed E-state index contributed by atoms with van der Waals surface area (Å²) in [5.41, 5.74) is 1.16. The fourth-order valence-electron chi connectivity index (χ4n) is 1.42. The number of hydrogen-bond donors (Lipinski definition) is 0. The first kappa shape index (κ1) is 11.6. The molecule has 1 aromatic rings. The Bertz CT molecular complexity index is 352. The molecule has 0 aliphatic carbocycles. The highest BCUT2D eigenvalue weighted by Crippen LogP contribution is 2.26. The number of nitrogens with zero attached hydrogens (tertiary/aromatic N) is 1. The van der Waals surface area contributed by atoms with E-state index in [9.17, 15) is 0 Å². The predicted octanol–water partition coefficient (Wildman–Crippen LogP) is 3.49. The number of para-hydroxylation sites is 1. The van der Waals surface area contributed by atoms with Gasteiger partial charge in [-0.3, -0.25) is 0 Å². The van der Waals surface area contributed by atoms with Crippen molar-refractivity contribution in [1.82, 2.24) is 0 Å². The molecule has 0 saturated heterocycles. The van der Waals surface area contributed by atoms with Crippen LogP contribution >= 0.6 is 0 Å². The molecule has 2 heteroatoms. The van der Waals surface area contributed by atoms with Crippen LogP contribution in [0.2, 0.25) is 0 Å². The van der Waals surface area contributed by atoms with Crippen LogP contribution in [0.5, 0.6) is 5.75 Å². The van der Waals surface area contributed by atoms with Gasteiger partial charge in [0.05, 0.1) is 0 Å². The van der Waals surface area contributed by atoms with Gasteiger partial charge >= 0.3 is 0 Å². The van der Waals surface area contributed by atoms with E-state index in [2.05, 4.69) is 19.9 Å². The molecule has 0 aliphatic rings. The molecule has 0 heterocycles. The Morgan fingerprint density at radius 3 is 2.53 bits per heavy atom. The first-order chi connectivity index (χ1) is 7.19. The van der Waals surface area contributed by atoms with Crippen LogP contribution in [-0.4, -0.2) is 6.10 Å². The van der Waals surface area contributed by atoms with E-state index in [1.807, 2.05) is 31.2 Å². The van der Waals surface area contributed by atoms with Gasteiger partial charge in [-0.1, -0.05) is 39.0 Å². The quantitative estimate of drug-likeness (QED) is 0.750. The lowest BCUT2D eigenvalue weighted by Crippen LogP contribution is -2.13. The lowest BCUT2D eigenvalue weighted by atomic mass is 10.0. The molecule has 1 atom stereocenters. The first-order valence-electron chi connectivity index (χ1n) is 5.34. The van der Waals surface area contributed by atoms with Crippen LogP contribution in [-0.2, 0) is 0 Å². The summed E-state index contributed by atoms with van der Waals surface area (Å²) >= 11 is 0. The topological polar surface area (TPSA) is 33.0 Å². The molecule has 0 aliphatic heterocycles. The van der Waals surface area contributed by atoms with Crippen molar-refractivity contribution in [2.24, 2.45) is 0 Å². The maximum absolute atomic E-state index is 8.84. The largest absolute Gasteiger partial charge is 0.475 e. The predicted molar refractivity (Wildman–Crippen MR) is 60.9 cm³/mol. The van der Waals surface area contributed by atoms with Gasteiger partial charge in [0, 0.05) is 0 Å². The fourth-order valence-corrected chi connectivity index (χ4v) is 1.42. The summed E-state index contributed by atoms with van der Waals surface area (Å²) in [6, 6.07) is 10.0. The van der Waals surface area contributed by atoms with Crippen LogP contribution in [0, 0.1) is 11.3 Å². The normalized spacial score (nSPS) is 12.2.